The van der Waals surface area contributed by atoms with Crippen LogP contribution in [0.2, 0.25) is 0 Å². The second kappa shape index (κ2) is 10.7. The summed E-state index contributed by atoms with van der Waals surface area (Å²) in [6.45, 7) is 7.56. The average Bonchev–Trinajstić information content (AvgIpc) is 3.09. The minimum absolute atomic E-state index is 0.300. The third kappa shape index (κ3) is 5.93. The van der Waals surface area contributed by atoms with Gasteiger partial charge in [-0.2, -0.15) is 0 Å². The molecule has 0 saturated heterocycles. The molecule has 186 valence electrons. The van der Waals surface area contributed by atoms with Crippen molar-refractivity contribution in [1.29, 1.82) is 0 Å². The fraction of sp³-hybridized carbons (Fsp3) is 0.480. The highest BCUT2D eigenvalue weighted by atomic mass is 32.3. The summed E-state index contributed by atoms with van der Waals surface area (Å²) in [6, 6.07) is 11.7. The maximum atomic E-state index is 13.7. The number of rotatable bonds is 11. The number of carbonyl (C=O) groups is 1. The highest BCUT2D eigenvalue weighted by Gasteiger charge is 2.42. The second-order valence-electron chi connectivity index (χ2n) is 9.07. The van der Waals surface area contributed by atoms with Gasteiger partial charge in [0.2, 0.25) is 10.0 Å². The molecule has 0 aromatic heterocycles. The molecule has 0 fully saturated rings. The van der Waals surface area contributed by atoms with Crippen LogP contribution in [0.25, 0.3) is 0 Å². The number of halogens is 1. The summed E-state index contributed by atoms with van der Waals surface area (Å²) in [5.41, 5.74) is 0.343. The Bertz CT molecular complexity index is 1140. The van der Waals surface area contributed by atoms with Crippen molar-refractivity contribution < 1.29 is 27.4 Å². The maximum Gasteiger partial charge on any atom is 0.347 e. The van der Waals surface area contributed by atoms with Gasteiger partial charge in [-0.05, 0) is 74.6 Å². The summed E-state index contributed by atoms with van der Waals surface area (Å²) in [4.78, 5) is 12.1. The fourth-order valence-electron chi connectivity index (χ4n) is 4.00. The molecule has 0 bridgehead atoms. The molecule has 0 saturated carbocycles. The van der Waals surface area contributed by atoms with E-state index in [0.29, 0.717) is 38.1 Å². The summed E-state index contributed by atoms with van der Waals surface area (Å²) in [5.74, 6) is -1.24. The summed E-state index contributed by atoms with van der Waals surface area (Å²) in [7, 11) is -3.60. The fourth-order valence-corrected chi connectivity index (χ4v) is 8.07. The van der Waals surface area contributed by atoms with Gasteiger partial charge in [0.25, 0.3) is 0 Å². The van der Waals surface area contributed by atoms with Crippen molar-refractivity contribution in [3.63, 3.8) is 0 Å². The van der Waals surface area contributed by atoms with Crippen LogP contribution in [-0.2, 0) is 21.2 Å². The van der Waals surface area contributed by atoms with Crippen LogP contribution in [0.5, 0.6) is 5.75 Å². The van der Waals surface area contributed by atoms with Gasteiger partial charge in [0.15, 0.2) is 5.60 Å². The number of nitrogens with zero attached hydrogens (tertiary/aromatic N) is 1. The Kier molecular flexibility index (Phi) is 8.31. The minimum Gasteiger partial charge on any atom is -0.478 e. The van der Waals surface area contributed by atoms with Crippen LogP contribution >= 0.6 is 11.8 Å². The van der Waals surface area contributed by atoms with Gasteiger partial charge in [0.05, 0.1) is 0 Å². The molecule has 3 rings (SSSR count). The SMILES string of the molecule is CCCN(CCCc1cccc(OC(C)(C)C(=O)O)c1)S(=O)(=O)C1Sc2ccc(F)cc2C1C. The number of aryl methyl sites for hydroxylation is 1. The lowest BCUT2D eigenvalue weighted by atomic mass is 10.0. The van der Waals surface area contributed by atoms with Crippen LogP contribution in [0.3, 0.4) is 0 Å². The van der Waals surface area contributed by atoms with Gasteiger partial charge >= 0.3 is 5.97 Å². The number of hydrogen-bond acceptors (Lipinski definition) is 5. The first-order valence-corrected chi connectivity index (χ1v) is 13.8. The Labute approximate surface area is 205 Å². The van der Waals surface area contributed by atoms with Gasteiger partial charge in [-0.3, -0.25) is 0 Å². The third-order valence-electron chi connectivity index (χ3n) is 5.90. The molecule has 1 aliphatic rings. The van der Waals surface area contributed by atoms with Crippen molar-refractivity contribution in [3.8, 4) is 5.75 Å². The number of carboxylic acids is 1. The zero-order valence-electron chi connectivity index (χ0n) is 20.0. The largest absolute Gasteiger partial charge is 0.478 e. The predicted octanol–water partition coefficient (Wildman–Crippen LogP) is 5.28. The highest BCUT2D eigenvalue weighted by molar-refractivity contribution is 8.13. The lowest BCUT2D eigenvalue weighted by molar-refractivity contribution is -0.152. The lowest BCUT2D eigenvalue weighted by Crippen LogP contribution is -2.39. The molecule has 0 aliphatic carbocycles. The summed E-state index contributed by atoms with van der Waals surface area (Å²) in [5, 5.41) is 9.27. The van der Waals surface area contributed by atoms with Crippen molar-refractivity contribution in [1.82, 2.24) is 4.31 Å². The quantitative estimate of drug-likeness (QED) is 0.444. The number of fused-ring (bicyclic) bond motifs is 1. The Hall–Kier alpha value is -2.10. The van der Waals surface area contributed by atoms with E-state index >= 15 is 0 Å². The van der Waals surface area contributed by atoms with Crippen molar-refractivity contribution in [2.75, 3.05) is 13.1 Å². The van der Waals surface area contributed by atoms with Gasteiger partial charge in [-0.1, -0.05) is 26.0 Å². The van der Waals surface area contributed by atoms with E-state index in [2.05, 4.69) is 0 Å². The van der Waals surface area contributed by atoms with Crippen LogP contribution in [0.15, 0.2) is 47.4 Å². The first kappa shape index (κ1) is 26.5. The number of benzene rings is 2. The van der Waals surface area contributed by atoms with Crippen molar-refractivity contribution in [3.05, 3.63) is 59.4 Å². The molecule has 0 radical (unpaired) electrons. The van der Waals surface area contributed by atoms with Crippen LogP contribution in [0, 0.1) is 5.82 Å². The first-order valence-electron chi connectivity index (χ1n) is 11.4. The Morgan fingerprint density at radius 2 is 1.94 bits per heavy atom. The van der Waals surface area contributed by atoms with Gasteiger partial charge in [-0.25, -0.2) is 21.9 Å². The normalized spacial score (nSPS) is 18.2. The van der Waals surface area contributed by atoms with E-state index in [4.69, 9.17) is 4.74 Å². The smallest absolute Gasteiger partial charge is 0.347 e. The van der Waals surface area contributed by atoms with Gasteiger partial charge in [0.1, 0.15) is 16.1 Å². The molecule has 2 atom stereocenters. The molecule has 0 amide bonds. The highest BCUT2D eigenvalue weighted by Crippen LogP contribution is 2.48. The molecule has 34 heavy (non-hydrogen) atoms. The maximum absolute atomic E-state index is 13.7. The van der Waals surface area contributed by atoms with Crippen LogP contribution in [0.1, 0.15) is 57.6 Å². The molecule has 2 aromatic rings. The molecule has 6 nitrogen and oxygen atoms in total. The monoisotopic (exact) mass is 509 g/mol. The van der Waals surface area contributed by atoms with Gasteiger partial charge in [-0.15, -0.1) is 11.8 Å². The van der Waals surface area contributed by atoms with Crippen molar-refractivity contribution in [2.45, 2.75) is 68.0 Å². The van der Waals surface area contributed by atoms with Gasteiger partial charge < -0.3 is 9.84 Å². The lowest BCUT2D eigenvalue weighted by Gasteiger charge is -2.27. The molecule has 1 heterocycles. The minimum atomic E-state index is -3.60. The first-order chi connectivity index (χ1) is 16.0. The molecular formula is C25H32FNO5S2. The van der Waals surface area contributed by atoms with E-state index in [1.807, 2.05) is 19.9 Å². The van der Waals surface area contributed by atoms with E-state index in [0.717, 1.165) is 16.0 Å². The third-order valence-corrected chi connectivity index (χ3v) is 10.3. The predicted molar refractivity (Wildman–Crippen MR) is 132 cm³/mol. The average molecular weight is 510 g/mol. The topological polar surface area (TPSA) is 83.9 Å². The number of ether oxygens (including phenoxy) is 1. The van der Waals surface area contributed by atoms with Crippen molar-refractivity contribution in [2.24, 2.45) is 0 Å². The van der Waals surface area contributed by atoms with Crippen LogP contribution < -0.4 is 4.74 Å². The molecular weight excluding hydrogens is 477 g/mol. The molecule has 1 aliphatic heterocycles. The van der Waals surface area contributed by atoms with Gasteiger partial charge in [0, 0.05) is 23.9 Å². The number of sulfonamides is 1. The second-order valence-corrected chi connectivity index (χ2v) is 12.6. The van der Waals surface area contributed by atoms with E-state index in [1.54, 1.807) is 28.6 Å². The van der Waals surface area contributed by atoms with Crippen LogP contribution in [0.4, 0.5) is 4.39 Å². The molecule has 1 N–H and O–H groups in total. The number of thioether (sulfide) groups is 1. The zero-order valence-corrected chi connectivity index (χ0v) is 21.6. The Morgan fingerprint density at radius 1 is 1.21 bits per heavy atom. The number of aliphatic carboxylic acids is 1. The summed E-state index contributed by atoms with van der Waals surface area (Å²) < 4.78 is 47.3. The molecule has 9 heteroatoms. The Morgan fingerprint density at radius 3 is 2.62 bits per heavy atom. The standard InChI is InChI=1S/C25H32FNO5S2/c1-5-13-27(34(30,31)23-17(2)21-16-19(26)11-12-22(21)33-23)14-7-9-18-8-6-10-20(15-18)32-25(3,4)24(28)29/h6,8,10-12,15-17,23H,5,7,9,13-14H2,1-4H3,(H,28,29). The zero-order chi connectivity index (χ0) is 25.1. The van der Waals surface area contributed by atoms with E-state index in [1.165, 1.54) is 37.7 Å². The summed E-state index contributed by atoms with van der Waals surface area (Å²) in [6.07, 6.45) is 1.93. The van der Waals surface area contributed by atoms with E-state index in [-0.39, 0.29) is 11.7 Å². The molecule has 2 unspecified atom stereocenters. The molecule has 2 aromatic carbocycles. The number of hydrogen-bond donors (Lipinski definition) is 1. The van der Waals surface area contributed by atoms with E-state index in [9.17, 15) is 22.7 Å². The van der Waals surface area contributed by atoms with E-state index < -0.39 is 26.2 Å². The molecule has 0 spiro atoms. The summed E-state index contributed by atoms with van der Waals surface area (Å²) >= 11 is 1.29. The van der Waals surface area contributed by atoms with Crippen molar-refractivity contribution >= 4 is 27.8 Å². The number of carboxylic acid groups (broad SMARTS) is 1. The Balaban J connectivity index is 1.67. The van der Waals surface area contributed by atoms with Crippen LogP contribution in [-0.4, -0.2) is 47.1 Å².